The summed E-state index contributed by atoms with van der Waals surface area (Å²) in [4.78, 5) is 42.8. The van der Waals surface area contributed by atoms with Crippen LogP contribution in [-0.2, 0) is 22.6 Å². The number of carbonyl (C=O) groups excluding carboxylic acids is 2. The summed E-state index contributed by atoms with van der Waals surface area (Å²) < 4.78 is 23.5. The van der Waals surface area contributed by atoms with E-state index < -0.39 is 24.2 Å². The van der Waals surface area contributed by atoms with Gasteiger partial charge in [-0.25, -0.2) is 9.59 Å². The van der Waals surface area contributed by atoms with Crippen LogP contribution in [-0.4, -0.2) is 77.7 Å². The van der Waals surface area contributed by atoms with Gasteiger partial charge in [-0.1, -0.05) is 72.8 Å². The number of carbonyl (C=O) groups is 2. The van der Waals surface area contributed by atoms with E-state index in [-0.39, 0.29) is 43.8 Å². The number of benzene rings is 5. The number of phenolic OH excluding ortho intramolecular Hbond substituents is 1. The number of ether oxygens (including phenoxy) is 4. The number of nitrogens with zero attached hydrogens (tertiary/aromatic N) is 1. The molecule has 63 heavy (non-hydrogen) atoms. The fraction of sp³-hybridized carbons (Fsp3) is 0.300. The molecular weight excluding hydrogens is 801 g/mol. The van der Waals surface area contributed by atoms with Gasteiger partial charge in [0.1, 0.15) is 43.2 Å². The number of aliphatic hydroxyl groups is 1. The molecule has 13 nitrogen and oxygen atoms in total. The van der Waals surface area contributed by atoms with Gasteiger partial charge in [-0.15, -0.1) is 0 Å². The number of alkyl carbamates (subject to hydrolysis) is 1. The van der Waals surface area contributed by atoms with E-state index >= 15 is 0 Å². The third-order valence-corrected chi connectivity index (χ3v) is 11.8. The Morgan fingerprint density at radius 1 is 0.841 bits per heavy atom. The minimum absolute atomic E-state index is 0.0565. The molecule has 2 bridgehead atoms. The van der Waals surface area contributed by atoms with Gasteiger partial charge < -0.3 is 44.8 Å². The van der Waals surface area contributed by atoms with Gasteiger partial charge in [0.05, 0.1) is 23.2 Å². The summed E-state index contributed by atoms with van der Waals surface area (Å²) in [6.07, 6.45) is 0.740. The molecule has 0 radical (unpaired) electrons. The second-order valence-electron chi connectivity index (χ2n) is 16.1. The molecule has 3 aliphatic heterocycles. The molecule has 13 heteroatoms. The minimum Gasteiger partial charge on any atom is -0.506 e. The van der Waals surface area contributed by atoms with E-state index in [1.807, 2.05) is 91.9 Å². The lowest BCUT2D eigenvalue weighted by atomic mass is 9.86. The van der Waals surface area contributed by atoms with Crippen LogP contribution in [0.3, 0.4) is 0 Å². The van der Waals surface area contributed by atoms with Crippen LogP contribution >= 0.6 is 0 Å². The minimum atomic E-state index is -0.866. The van der Waals surface area contributed by atoms with E-state index in [0.717, 1.165) is 60.3 Å². The van der Waals surface area contributed by atoms with Gasteiger partial charge in [0.15, 0.2) is 0 Å². The summed E-state index contributed by atoms with van der Waals surface area (Å²) in [6, 6.07) is 36.0. The van der Waals surface area contributed by atoms with E-state index in [4.69, 9.17) is 18.9 Å². The van der Waals surface area contributed by atoms with E-state index in [0.29, 0.717) is 46.0 Å². The SMILES string of the molecule is Cc1cc(CNC[C@H](O)c2ccc(O)c3[nH]c(=O)ccc23)ccc1OCCOC(=O)c1ccc(COc2cccc(C(NC(=O)O[C@H]3CN4CCC3CC4)c3ccccc3)c2)cc1. The van der Waals surface area contributed by atoms with Crippen molar-refractivity contribution >= 4 is 23.0 Å². The summed E-state index contributed by atoms with van der Waals surface area (Å²) in [5, 5.41) is 28.0. The third-order valence-electron chi connectivity index (χ3n) is 11.8. The van der Waals surface area contributed by atoms with Gasteiger partial charge in [-0.2, -0.15) is 0 Å². The molecule has 4 heterocycles. The maximum Gasteiger partial charge on any atom is 0.408 e. The third kappa shape index (κ3) is 10.9. The zero-order chi connectivity index (χ0) is 43.7. The van der Waals surface area contributed by atoms with Crippen molar-refractivity contribution in [3.63, 3.8) is 0 Å². The van der Waals surface area contributed by atoms with Crippen molar-refractivity contribution in [2.45, 2.75) is 51.2 Å². The van der Waals surface area contributed by atoms with E-state index in [9.17, 15) is 24.6 Å². The number of aryl methyl sites for hydroxylation is 1. The number of rotatable bonds is 17. The second kappa shape index (κ2) is 20.0. The highest BCUT2D eigenvalue weighted by atomic mass is 16.6. The molecule has 1 aromatic heterocycles. The molecule has 6 aromatic rings. The fourth-order valence-corrected chi connectivity index (χ4v) is 8.39. The predicted octanol–water partition coefficient (Wildman–Crippen LogP) is 7.09. The van der Waals surface area contributed by atoms with Crippen molar-refractivity contribution in [3.8, 4) is 17.2 Å². The number of aromatic hydroxyl groups is 1. The number of aliphatic hydroxyl groups excluding tert-OH is 1. The Balaban J connectivity index is 0.773. The number of hydrogen-bond donors (Lipinski definition) is 5. The van der Waals surface area contributed by atoms with Gasteiger partial charge in [0, 0.05) is 31.1 Å². The van der Waals surface area contributed by atoms with Crippen LogP contribution in [0.5, 0.6) is 17.2 Å². The van der Waals surface area contributed by atoms with Crippen LogP contribution in [0.15, 0.2) is 126 Å². The first-order valence-electron chi connectivity index (χ1n) is 21.4. The molecule has 3 atom stereocenters. The lowest BCUT2D eigenvalue weighted by Gasteiger charge is -2.43. The maximum atomic E-state index is 13.2. The lowest BCUT2D eigenvalue weighted by Crippen LogP contribution is -2.52. The monoisotopic (exact) mass is 852 g/mol. The highest BCUT2D eigenvalue weighted by Gasteiger charge is 2.37. The van der Waals surface area contributed by atoms with Crippen molar-refractivity contribution in [1.29, 1.82) is 0 Å². The van der Waals surface area contributed by atoms with Crippen LogP contribution in [0.4, 0.5) is 4.79 Å². The van der Waals surface area contributed by atoms with Gasteiger partial charge >= 0.3 is 12.1 Å². The van der Waals surface area contributed by atoms with Gasteiger partial charge in [-0.05, 0) is 115 Å². The number of pyridine rings is 1. The summed E-state index contributed by atoms with van der Waals surface area (Å²) in [7, 11) is 0. The quantitative estimate of drug-likeness (QED) is 0.0469. The number of piperidine rings is 3. The molecule has 9 rings (SSSR count). The standard InChI is InChI=1S/C50H52N4O9/c1-32-26-34(28-51-29-43(56)40-15-17-42(55)48-41(40)16-19-46(57)52-48)12-18-44(32)60-24-25-61-49(58)37-13-10-33(11-14-37)31-62-39-9-5-8-38(27-39)47(36-6-3-2-4-7-36)53-50(59)63-45-30-54-22-20-35(45)21-23-54/h2-19,26-27,35,43,45,47,51,55-56H,20-25,28-31H2,1H3,(H,52,57)(H,53,59)/t43-,45-,47?/m0/s1. The van der Waals surface area contributed by atoms with Crippen LogP contribution in [0.2, 0.25) is 0 Å². The number of H-pyrrole nitrogens is 1. The number of esters is 1. The highest BCUT2D eigenvalue weighted by molar-refractivity contribution is 5.89. The first-order valence-corrected chi connectivity index (χ1v) is 21.4. The lowest BCUT2D eigenvalue weighted by molar-refractivity contribution is -0.0336. The second-order valence-corrected chi connectivity index (χ2v) is 16.1. The predicted molar refractivity (Wildman–Crippen MR) is 238 cm³/mol. The Kier molecular flexibility index (Phi) is 13.7. The largest absolute Gasteiger partial charge is 0.506 e. The highest BCUT2D eigenvalue weighted by Crippen LogP contribution is 2.32. The van der Waals surface area contributed by atoms with Crippen molar-refractivity contribution in [3.05, 3.63) is 171 Å². The molecular formula is C50H52N4O9. The van der Waals surface area contributed by atoms with Gasteiger partial charge in [-0.3, -0.25) is 9.69 Å². The Morgan fingerprint density at radius 2 is 1.62 bits per heavy atom. The zero-order valence-electron chi connectivity index (χ0n) is 35.1. The number of aromatic amines is 1. The maximum absolute atomic E-state index is 13.2. The van der Waals surface area contributed by atoms with E-state index in [1.54, 1.807) is 24.3 Å². The molecule has 326 valence electrons. The van der Waals surface area contributed by atoms with Crippen LogP contribution in [0.25, 0.3) is 10.9 Å². The van der Waals surface area contributed by atoms with E-state index in [1.165, 1.54) is 12.1 Å². The van der Waals surface area contributed by atoms with Crippen molar-refractivity contribution in [1.82, 2.24) is 20.5 Å². The Bertz CT molecular complexity index is 2570. The van der Waals surface area contributed by atoms with Crippen molar-refractivity contribution in [2.75, 3.05) is 39.4 Å². The number of nitrogens with one attached hydrogen (secondary N) is 3. The number of aromatic nitrogens is 1. The van der Waals surface area contributed by atoms with Crippen molar-refractivity contribution in [2.24, 2.45) is 5.92 Å². The van der Waals surface area contributed by atoms with Crippen molar-refractivity contribution < 1.29 is 38.7 Å². The Hall–Kier alpha value is -6.67. The first-order chi connectivity index (χ1) is 30.7. The average molecular weight is 853 g/mol. The Labute approximate surface area is 365 Å². The molecule has 0 saturated carbocycles. The summed E-state index contributed by atoms with van der Waals surface area (Å²) >= 11 is 0. The number of amides is 1. The molecule has 3 aliphatic rings. The van der Waals surface area contributed by atoms with Crippen LogP contribution < -0.4 is 25.7 Å². The summed E-state index contributed by atoms with van der Waals surface area (Å²) in [5.74, 6) is 1.21. The topological polar surface area (TPSA) is 172 Å². The van der Waals surface area contributed by atoms with E-state index in [2.05, 4.69) is 20.5 Å². The Morgan fingerprint density at radius 3 is 2.38 bits per heavy atom. The molecule has 1 amide bonds. The molecule has 0 aliphatic carbocycles. The average Bonchev–Trinajstić information content (AvgIpc) is 3.30. The van der Waals surface area contributed by atoms with Crippen LogP contribution in [0, 0.1) is 12.8 Å². The number of hydrogen-bond acceptors (Lipinski definition) is 11. The van der Waals surface area contributed by atoms with Crippen LogP contribution in [0.1, 0.15) is 68.7 Å². The summed E-state index contributed by atoms with van der Waals surface area (Å²) in [5.41, 5.74) is 5.53. The molecule has 0 spiro atoms. The molecule has 3 fully saturated rings. The molecule has 5 aromatic carbocycles. The molecule has 5 N–H and O–H groups in total. The normalized spacial score (nSPS) is 17.7. The summed E-state index contributed by atoms with van der Waals surface area (Å²) in [6.45, 7) is 6.13. The zero-order valence-corrected chi connectivity index (χ0v) is 35.1. The van der Waals surface area contributed by atoms with Gasteiger partial charge in [0.2, 0.25) is 5.56 Å². The molecule has 3 saturated heterocycles. The fourth-order valence-electron chi connectivity index (χ4n) is 8.39. The smallest absolute Gasteiger partial charge is 0.408 e. The first kappa shape index (κ1) is 43.0. The van der Waals surface area contributed by atoms with Gasteiger partial charge in [0.25, 0.3) is 0 Å². The number of phenols is 1. The molecule has 1 unspecified atom stereocenters. The number of fused-ring (bicyclic) bond motifs is 4.